The highest BCUT2D eigenvalue weighted by molar-refractivity contribution is 5.87. The molecule has 0 aliphatic heterocycles. The molecule has 1 heterocycles. The molecule has 0 saturated heterocycles. The number of nitrogens with one attached hydrogen (secondary N) is 2. The molecule has 2 amide bonds. The van der Waals surface area contributed by atoms with Gasteiger partial charge in [0.15, 0.2) is 0 Å². The summed E-state index contributed by atoms with van der Waals surface area (Å²) < 4.78 is 2.25. The average Bonchev–Trinajstić information content (AvgIpc) is 2.85. The molecule has 5 heteroatoms. The van der Waals surface area contributed by atoms with Crippen LogP contribution in [-0.2, 0) is 13.1 Å². The molecular formula is C15H20N4O. The van der Waals surface area contributed by atoms with Crippen LogP contribution >= 0.6 is 0 Å². The van der Waals surface area contributed by atoms with Gasteiger partial charge in [-0.2, -0.15) is 0 Å². The summed E-state index contributed by atoms with van der Waals surface area (Å²) in [6.45, 7) is 3.97. The number of carbonyl (C=O) groups excluding carboxylic acids is 1. The van der Waals surface area contributed by atoms with E-state index in [0.29, 0.717) is 5.69 Å². The summed E-state index contributed by atoms with van der Waals surface area (Å²) in [7, 11) is 0. The van der Waals surface area contributed by atoms with Gasteiger partial charge in [-0.05, 0) is 42.8 Å². The molecule has 5 nitrogen and oxygen atoms in total. The number of anilines is 2. The molecular weight excluding hydrogens is 252 g/mol. The van der Waals surface area contributed by atoms with E-state index in [-0.39, 0.29) is 0 Å². The summed E-state index contributed by atoms with van der Waals surface area (Å²) in [5.74, 6) is 0. The van der Waals surface area contributed by atoms with Gasteiger partial charge in [-0.15, -0.1) is 0 Å². The fraction of sp³-hybridized carbons (Fsp3) is 0.267. The molecule has 0 unspecified atom stereocenters. The average molecular weight is 272 g/mol. The van der Waals surface area contributed by atoms with E-state index in [9.17, 15) is 4.79 Å². The molecule has 0 atom stereocenters. The Morgan fingerprint density at radius 1 is 1.20 bits per heavy atom. The molecule has 4 N–H and O–H groups in total. The topological polar surface area (TPSA) is 72.1 Å². The molecule has 2 aromatic rings. The number of amides is 2. The minimum atomic E-state index is -0.553. The zero-order valence-electron chi connectivity index (χ0n) is 11.6. The van der Waals surface area contributed by atoms with Gasteiger partial charge in [0, 0.05) is 29.8 Å². The lowest BCUT2D eigenvalue weighted by Gasteiger charge is -2.10. The number of nitrogens with two attached hydrogens (primary N) is 1. The molecule has 20 heavy (non-hydrogen) atoms. The fourth-order valence-electron chi connectivity index (χ4n) is 2.08. The molecule has 0 bridgehead atoms. The van der Waals surface area contributed by atoms with E-state index in [1.165, 1.54) is 5.69 Å². The van der Waals surface area contributed by atoms with Gasteiger partial charge in [-0.25, -0.2) is 4.79 Å². The molecule has 0 saturated carbocycles. The van der Waals surface area contributed by atoms with Gasteiger partial charge in [0.2, 0.25) is 0 Å². The summed E-state index contributed by atoms with van der Waals surface area (Å²) in [4.78, 5) is 10.7. The molecule has 0 spiro atoms. The number of rotatable bonds is 6. The molecule has 1 aromatic carbocycles. The van der Waals surface area contributed by atoms with Crippen molar-refractivity contribution in [2.45, 2.75) is 26.4 Å². The maximum Gasteiger partial charge on any atom is 0.316 e. The van der Waals surface area contributed by atoms with Gasteiger partial charge in [-0.3, -0.25) is 0 Å². The second kappa shape index (κ2) is 6.65. The van der Waals surface area contributed by atoms with E-state index >= 15 is 0 Å². The van der Waals surface area contributed by atoms with Gasteiger partial charge < -0.3 is 20.9 Å². The number of carbonyl (C=O) groups is 1. The van der Waals surface area contributed by atoms with Gasteiger partial charge in [0.1, 0.15) is 0 Å². The van der Waals surface area contributed by atoms with Crippen molar-refractivity contribution < 1.29 is 4.79 Å². The smallest absolute Gasteiger partial charge is 0.316 e. The van der Waals surface area contributed by atoms with Crippen LogP contribution in [0.4, 0.5) is 16.2 Å². The van der Waals surface area contributed by atoms with Crippen molar-refractivity contribution >= 4 is 17.4 Å². The maximum absolute atomic E-state index is 10.7. The lowest BCUT2D eigenvalue weighted by Crippen LogP contribution is -2.19. The van der Waals surface area contributed by atoms with Crippen molar-refractivity contribution in [3.63, 3.8) is 0 Å². The Kier molecular flexibility index (Phi) is 4.65. The van der Waals surface area contributed by atoms with Crippen LogP contribution in [0, 0.1) is 0 Å². The summed E-state index contributed by atoms with van der Waals surface area (Å²) in [5, 5.41) is 5.90. The minimum absolute atomic E-state index is 0.553. The number of nitrogens with zero attached hydrogens (tertiary/aromatic N) is 1. The Labute approximate surface area is 118 Å². The SMILES string of the molecule is CCCn1cccc1CNc1ccc(NC(N)=O)cc1. The number of hydrogen-bond acceptors (Lipinski definition) is 2. The standard InChI is InChI=1S/C15H20N4O/c1-2-9-19-10-3-4-14(19)11-17-12-5-7-13(8-6-12)18-15(16)20/h3-8,10,17H,2,9,11H2,1H3,(H3,16,18,20). The van der Waals surface area contributed by atoms with Gasteiger partial charge in [-0.1, -0.05) is 6.92 Å². The normalized spacial score (nSPS) is 10.2. The Morgan fingerprint density at radius 3 is 2.55 bits per heavy atom. The third kappa shape index (κ3) is 3.78. The predicted molar refractivity (Wildman–Crippen MR) is 81.7 cm³/mol. The first kappa shape index (κ1) is 14.0. The highest BCUT2D eigenvalue weighted by Crippen LogP contribution is 2.14. The van der Waals surface area contributed by atoms with Crippen molar-refractivity contribution in [1.29, 1.82) is 0 Å². The molecule has 0 fully saturated rings. The number of benzene rings is 1. The highest BCUT2D eigenvalue weighted by atomic mass is 16.2. The number of aryl methyl sites for hydroxylation is 1. The van der Waals surface area contributed by atoms with Crippen LogP contribution in [-0.4, -0.2) is 10.6 Å². The van der Waals surface area contributed by atoms with E-state index < -0.39 is 6.03 Å². The quantitative estimate of drug-likeness (QED) is 0.756. The highest BCUT2D eigenvalue weighted by Gasteiger charge is 2.01. The predicted octanol–water partition coefficient (Wildman–Crippen LogP) is 3.00. The second-order valence-electron chi connectivity index (χ2n) is 4.61. The fourth-order valence-corrected chi connectivity index (χ4v) is 2.08. The Balaban J connectivity index is 1.93. The summed E-state index contributed by atoms with van der Waals surface area (Å²) in [6, 6.07) is 11.1. The van der Waals surface area contributed by atoms with Crippen LogP contribution in [0.15, 0.2) is 42.6 Å². The zero-order chi connectivity index (χ0) is 14.4. The van der Waals surface area contributed by atoms with Gasteiger partial charge in [0.05, 0.1) is 6.54 Å². The summed E-state index contributed by atoms with van der Waals surface area (Å²) in [5.41, 5.74) is 8.01. The van der Waals surface area contributed by atoms with E-state index in [1.807, 2.05) is 24.3 Å². The number of hydrogen-bond donors (Lipinski definition) is 3. The molecule has 0 radical (unpaired) electrons. The van der Waals surface area contributed by atoms with Crippen LogP contribution in [0.5, 0.6) is 0 Å². The summed E-state index contributed by atoms with van der Waals surface area (Å²) >= 11 is 0. The van der Waals surface area contributed by atoms with Crippen molar-refractivity contribution in [3.8, 4) is 0 Å². The van der Waals surface area contributed by atoms with Crippen LogP contribution in [0.1, 0.15) is 19.0 Å². The van der Waals surface area contributed by atoms with E-state index in [0.717, 1.165) is 25.2 Å². The molecule has 0 aliphatic rings. The van der Waals surface area contributed by atoms with Crippen LogP contribution in [0.2, 0.25) is 0 Å². The van der Waals surface area contributed by atoms with Crippen LogP contribution in [0.3, 0.4) is 0 Å². The lowest BCUT2D eigenvalue weighted by molar-refractivity contribution is 0.259. The van der Waals surface area contributed by atoms with Crippen LogP contribution in [0.25, 0.3) is 0 Å². The van der Waals surface area contributed by atoms with E-state index in [2.05, 4.69) is 40.5 Å². The third-order valence-electron chi connectivity index (χ3n) is 3.01. The number of urea groups is 1. The first-order valence-electron chi connectivity index (χ1n) is 6.73. The first-order chi connectivity index (χ1) is 9.69. The lowest BCUT2D eigenvalue weighted by atomic mass is 10.2. The maximum atomic E-state index is 10.7. The van der Waals surface area contributed by atoms with Crippen LogP contribution < -0.4 is 16.4 Å². The third-order valence-corrected chi connectivity index (χ3v) is 3.01. The Morgan fingerprint density at radius 2 is 1.90 bits per heavy atom. The Bertz CT molecular complexity index is 560. The monoisotopic (exact) mass is 272 g/mol. The summed E-state index contributed by atoms with van der Waals surface area (Å²) in [6.07, 6.45) is 3.22. The van der Waals surface area contributed by atoms with Crippen molar-refractivity contribution in [3.05, 3.63) is 48.3 Å². The largest absolute Gasteiger partial charge is 0.379 e. The van der Waals surface area contributed by atoms with Crippen molar-refractivity contribution in [2.24, 2.45) is 5.73 Å². The Hall–Kier alpha value is -2.43. The van der Waals surface area contributed by atoms with Crippen molar-refractivity contribution in [2.75, 3.05) is 10.6 Å². The molecule has 1 aromatic heterocycles. The molecule has 106 valence electrons. The van der Waals surface area contributed by atoms with Gasteiger partial charge in [0.25, 0.3) is 0 Å². The zero-order valence-corrected chi connectivity index (χ0v) is 11.6. The molecule has 2 rings (SSSR count). The minimum Gasteiger partial charge on any atom is -0.379 e. The second-order valence-corrected chi connectivity index (χ2v) is 4.61. The first-order valence-corrected chi connectivity index (χ1v) is 6.73. The van der Waals surface area contributed by atoms with E-state index in [4.69, 9.17) is 5.73 Å². The number of primary amides is 1. The molecule has 0 aliphatic carbocycles. The van der Waals surface area contributed by atoms with E-state index in [1.54, 1.807) is 0 Å². The van der Waals surface area contributed by atoms with Gasteiger partial charge >= 0.3 is 6.03 Å². The number of aromatic nitrogens is 1. The van der Waals surface area contributed by atoms with Crippen molar-refractivity contribution in [1.82, 2.24) is 4.57 Å².